The summed E-state index contributed by atoms with van der Waals surface area (Å²) in [7, 11) is 0. The van der Waals surface area contributed by atoms with Gasteiger partial charge in [-0.3, -0.25) is 4.79 Å². The number of aromatic amines is 1. The van der Waals surface area contributed by atoms with Gasteiger partial charge in [0.1, 0.15) is 5.69 Å². The first-order chi connectivity index (χ1) is 10.2. The highest BCUT2D eigenvalue weighted by atomic mass is 16.1. The molecule has 2 aromatic carbocycles. The van der Waals surface area contributed by atoms with Gasteiger partial charge in [0.25, 0.3) is 5.91 Å². The van der Waals surface area contributed by atoms with E-state index in [-0.39, 0.29) is 5.91 Å². The molecule has 0 aliphatic heterocycles. The minimum atomic E-state index is -0.104. The molecule has 1 aromatic heterocycles. The Hall–Kier alpha value is -2.55. The first kappa shape index (κ1) is 13.4. The Morgan fingerprint density at radius 1 is 1.10 bits per heavy atom. The smallest absolute Gasteiger partial charge is 0.272 e. The standard InChI is InChI=1S/C18H18N2O/c1-3-13-8-10-14(11-9-13)19-18(21)17-12(2)15-6-4-5-7-16(15)20-17/h4-11,20H,3H2,1-2H3,(H,19,21). The van der Waals surface area contributed by atoms with Gasteiger partial charge in [-0.25, -0.2) is 0 Å². The molecule has 2 N–H and O–H groups in total. The molecule has 0 aliphatic carbocycles. The number of aryl methyl sites for hydroxylation is 2. The van der Waals surface area contributed by atoms with Crippen LogP contribution in [0.1, 0.15) is 28.5 Å². The van der Waals surface area contributed by atoms with Crippen LogP contribution in [-0.2, 0) is 6.42 Å². The van der Waals surface area contributed by atoms with Gasteiger partial charge in [0.15, 0.2) is 0 Å². The van der Waals surface area contributed by atoms with Crippen molar-refractivity contribution < 1.29 is 4.79 Å². The van der Waals surface area contributed by atoms with Crippen LogP contribution in [0.2, 0.25) is 0 Å². The molecular weight excluding hydrogens is 260 g/mol. The summed E-state index contributed by atoms with van der Waals surface area (Å²) in [5.41, 5.74) is 4.66. The normalized spacial score (nSPS) is 10.8. The zero-order chi connectivity index (χ0) is 14.8. The van der Waals surface area contributed by atoms with E-state index < -0.39 is 0 Å². The first-order valence-electron chi connectivity index (χ1n) is 7.16. The van der Waals surface area contributed by atoms with Crippen molar-refractivity contribution in [3.8, 4) is 0 Å². The van der Waals surface area contributed by atoms with Crippen molar-refractivity contribution in [2.75, 3.05) is 5.32 Å². The molecular formula is C18H18N2O. The zero-order valence-corrected chi connectivity index (χ0v) is 12.2. The second-order valence-electron chi connectivity index (χ2n) is 5.18. The van der Waals surface area contributed by atoms with Gasteiger partial charge in [-0.15, -0.1) is 0 Å². The number of nitrogens with one attached hydrogen (secondary N) is 2. The number of carbonyl (C=O) groups is 1. The van der Waals surface area contributed by atoms with Crippen molar-refractivity contribution in [3.63, 3.8) is 0 Å². The third kappa shape index (κ3) is 2.55. The number of anilines is 1. The van der Waals surface area contributed by atoms with E-state index in [4.69, 9.17) is 0 Å². The second-order valence-corrected chi connectivity index (χ2v) is 5.18. The predicted octanol–water partition coefficient (Wildman–Crippen LogP) is 4.29. The maximum atomic E-state index is 12.4. The van der Waals surface area contributed by atoms with Crippen LogP contribution in [-0.4, -0.2) is 10.9 Å². The van der Waals surface area contributed by atoms with Crippen LogP contribution in [0.25, 0.3) is 10.9 Å². The highest BCUT2D eigenvalue weighted by molar-refractivity contribution is 6.07. The maximum Gasteiger partial charge on any atom is 0.272 e. The van der Waals surface area contributed by atoms with E-state index in [9.17, 15) is 4.79 Å². The molecule has 1 heterocycles. The van der Waals surface area contributed by atoms with Gasteiger partial charge in [0, 0.05) is 16.6 Å². The van der Waals surface area contributed by atoms with Crippen molar-refractivity contribution in [2.24, 2.45) is 0 Å². The zero-order valence-electron chi connectivity index (χ0n) is 12.2. The van der Waals surface area contributed by atoms with Gasteiger partial charge in [-0.05, 0) is 42.7 Å². The average Bonchev–Trinajstić information content (AvgIpc) is 2.86. The van der Waals surface area contributed by atoms with Crippen molar-refractivity contribution in [3.05, 3.63) is 65.4 Å². The largest absolute Gasteiger partial charge is 0.350 e. The highest BCUT2D eigenvalue weighted by Crippen LogP contribution is 2.22. The molecule has 3 nitrogen and oxygen atoms in total. The van der Waals surface area contributed by atoms with Crippen LogP contribution in [0.5, 0.6) is 0 Å². The molecule has 0 atom stereocenters. The van der Waals surface area contributed by atoms with E-state index in [1.54, 1.807) is 0 Å². The Bertz CT molecular complexity index is 785. The van der Waals surface area contributed by atoms with Crippen molar-refractivity contribution >= 4 is 22.5 Å². The summed E-state index contributed by atoms with van der Waals surface area (Å²) in [5, 5.41) is 4.03. The van der Waals surface area contributed by atoms with E-state index in [0.29, 0.717) is 5.69 Å². The fourth-order valence-corrected chi connectivity index (χ4v) is 2.53. The number of benzene rings is 2. The monoisotopic (exact) mass is 278 g/mol. The van der Waals surface area contributed by atoms with Crippen LogP contribution < -0.4 is 5.32 Å². The molecule has 1 amide bonds. The van der Waals surface area contributed by atoms with E-state index >= 15 is 0 Å². The SMILES string of the molecule is CCc1ccc(NC(=O)c2[nH]c3ccccc3c2C)cc1. The molecule has 0 aliphatic rings. The van der Waals surface area contributed by atoms with Crippen LogP contribution in [0.4, 0.5) is 5.69 Å². The summed E-state index contributed by atoms with van der Waals surface area (Å²) in [6.45, 7) is 4.08. The molecule has 3 rings (SSSR count). The number of aromatic nitrogens is 1. The third-order valence-electron chi connectivity index (χ3n) is 3.81. The van der Waals surface area contributed by atoms with Gasteiger partial charge in [-0.1, -0.05) is 37.3 Å². The lowest BCUT2D eigenvalue weighted by Crippen LogP contribution is -2.13. The molecule has 0 spiro atoms. The van der Waals surface area contributed by atoms with E-state index in [1.165, 1.54) is 5.56 Å². The van der Waals surface area contributed by atoms with Crippen molar-refractivity contribution in [1.82, 2.24) is 4.98 Å². The Morgan fingerprint density at radius 2 is 1.81 bits per heavy atom. The minimum absolute atomic E-state index is 0.104. The second kappa shape index (κ2) is 5.44. The number of rotatable bonds is 3. The quantitative estimate of drug-likeness (QED) is 0.737. The average molecular weight is 278 g/mol. The molecule has 0 fully saturated rings. The highest BCUT2D eigenvalue weighted by Gasteiger charge is 2.14. The molecule has 0 saturated heterocycles. The van der Waals surface area contributed by atoms with Crippen LogP contribution in [0, 0.1) is 6.92 Å². The number of para-hydroxylation sites is 1. The Kier molecular flexibility index (Phi) is 3.48. The van der Waals surface area contributed by atoms with E-state index in [2.05, 4.69) is 17.2 Å². The lowest BCUT2D eigenvalue weighted by atomic mass is 10.1. The number of carbonyl (C=O) groups excluding carboxylic acids is 1. The number of H-pyrrole nitrogens is 1. The Labute approximate surface area is 124 Å². The minimum Gasteiger partial charge on any atom is -0.350 e. The lowest BCUT2D eigenvalue weighted by Gasteiger charge is -2.05. The number of fused-ring (bicyclic) bond motifs is 1. The fourth-order valence-electron chi connectivity index (χ4n) is 2.53. The molecule has 0 unspecified atom stereocenters. The van der Waals surface area contributed by atoms with E-state index in [1.807, 2.05) is 55.5 Å². The summed E-state index contributed by atoms with van der Waals surface area (Å²) >= 11 is 0. The first-order valence-corrected chi connectivity index (χ1v) is 7.16. The Morgan fingerprint density at radius 3 is 2.48 bits per heavy atom. The molecule has 0 saturated carbocycles. The molecule has 106 valence electrons. The fraction of sp³-hybridized carbons (Fsp3) is 0.167. The topological polar surface area (TPSA) is 44.9 Å². The van der Waals surface area contributed by atoms with Gasteiger partial charge in [-0.2, -0.15) is 0 Å². The summed E-state index contributed by atoms with van der Waals surface area (Å²) in [6.07, 6.45) is 0.995. The summed E-state index contributed by atoms with van der Waals surface area (Å²) in [6, 6.07) is 15.9. The third-order valence-corrected chi connectivity index (χ3v) is 3.81. The molecule has 21 heavy (non-hydrogen) atoms. The molecule has 3 heteroatoms. The molecule has 0 bridgehead atoms. The number of hydrogen-bond donors (Lipinski definition) is 2. The van der Waals surface area contributed by atoms with Crippen molar-refractivity contribution in [2.45, 2.75) is 20.3 Å². The van der Waals surface area contributed by atoms with Gasteiger partial charge in [0.05, 0.1) is 0 Å². The Balaban J connectivity index is 1.87. The maximum absolute atomic E-state index is 12.4. The van der Waals surface area contributed by atoms with Crippen LogP contribution >= 0.6 is 0 Å². The lowest BCUT2D eigenvalue weighted by molar-refractivity contribution is 0.102. The van der Waals surface area contributed by atoms with E-state index in [0.717, 1.165) is 28.6 Å². The van der Waals surface area contributed by atoms with Gasteiger partial charge < -0.3 is 10.3 Å². The summed E-state index contributed by atoms with van der Waals surface area (Å²) in [5.74, 6) is -0.104. The van der Waals surface area contributed by atoms with Gasteiger partial charge >= 0.3 is 0 Å². The molecule has 3 aromatic rings. The predicted molar refractivity (Wildman–Crippen MR) is 86.8 cm³/mol. The summed E-state index contributed by atoms with van der Waals surface area (Å²) in [4.78, 5) is 15.6. The van der Waals surface area contributed by atoms with Crippen LogP contribution in [0.3, 0.4) is 0 Å². The van der Waals surface area contributed by atoms with Crippen molar-refractivity contribution in [1.29, 1.82) is 0 Å². The molecule has 0 radical (unpaired) electrons. The number of hydrogen-bond acceptors (Lipinski definition) is 1. The summed E-state index contributed by atoms with van der Waals surface area (Å²) < 4.78 is 0. The van der Waals surface area contributed by atoms with Gasteiger partial charge in [0.2, 0.25) is 0 Å². The number of amides is 1. The van der Waals surface area contributed by atoms with Crippen LogP contribution in [0.15, 0.2) is 48.5 Å².